The minimum Gasteiger partial charge on any atom is -0.462 e. The normalized spacial score (nSPS) is 11.4. The molecular formula is C19H23N3O5S2. The molecule has 0 aliphatic heterocycles. The second-order valence-corrected chi connectivity index (χ2v) is 8.08. The SMILES string of the molecule is CCOC(=O)c1c(NC(=O)CC(NC(C)=O)c2cccs2)sc(C(=O)NC)c1C. The number of carbonyl (C=O) groups excluding carboxylic acids is 4. The van der Waals surface area contributed by atoms with Crippen LogP contribution in [0.1, 0.15) is 56.8 Å². The van der Waals surface area contributed by atoms with Gasteiger partial charge in [0.1, 0.15) is 5.00 Å². The summed E-state index contributed by atoms with van der Waals surface area (Å²) < 4.78 is 5.08. The van der Waals surface area contributed by atoms with Crippen molar-refractivity contribution in [2.75, 3.05) is 19.0 Å². The molecule has 29 heavy (non-hydrogen) atoms. The van der Waals surface area contributed by atoms with Crippen LogP contribution >= 0.6 is 22.7 Å². The summed E-state index contributed by atoms with van der Waals surface area (Å²) in [5, 5.41) is 10.1. The van der Waals surface area contributed by atoms with Crippen molar-refractivity contribution < 1.29 is 23.9 Å². The summed E-state index contributed by atoms with van der Waals surface area (Å²) in [6.07, 6.45) is -0.0192. The lowest BCUT2D eigenvalue weighted by Crippen LogP contribution is -2.29. The molecule has 0 aliphatic carbocycles. The van der Waals surface area contributed by atoms with Gasteiger partial charge in [0.15, 0.2) is 0 Å². The molecule has 0 fully saturated rings. The fourth-order valence-corrected chi connectivity index (χ4v) is 4.64. The summed E-state index contributed by atoms with van der Waals surface area (Å²) in [7, 11) is 1.49. The van der Waals surface area contributed by atoms with E-state index in [0.717, 1.165) is 16.2 Å². The Bertz CT molecular complexity index is 905. The van der Waals surface area contributed by atoms with Crippen LogP contribution in [0.3, 0.4) is 0 Å². The number of hydrogen-bond acceptors (Lipinski definition) is 7. The van der Waals surface area contributed by atoms with E-state index in [1.165, 1.54) is 25.3 Å². The van der Waals surface area contributed by atoms with Gasteiger partial charge in [-0.15, -0.1) is 22.7 Å². The number of ether oxygens (including phenoxy) is 1. The van der Waals surface area contributed by atoms with Gasteiger partial charge in [0.2, 0.25) is 11.8 Å². The van der Waals surface area contributed by atoms with E-state index in [-0.39, 0.29) is 35.4 Å². The van der Waals surface area contributed by atoms with Gasteiger partial charge in [-0.1, -0.05) is 6.07 Å². The quantitative estimate of drug-likeness (QED) is 0.550. The zero-order valence-electron chi connectivity index (χ0n) is 16.6. The van der Waals surface area contributed by atoms with Crippen LogP contribution in [0.5, 0.6) is 0 Å². The van der Waals surface area contributed by atoms with Gasteiger partial charge in [-0.25, -0.2) is 4.79 Å². The predicted molar refractivity (Wildman–Crippen MR) is 113 cm³/mol. The average Bonchev–Trinajstić information content (AvgIpc) is 3.28. The summed E-state index contributed by atoms with van der Waals surface area (Å²) in [4.78, 5) is 49.9. The Hall–Kier alpha value is -2.72. The van der Waals surface area contributed by atoms with Gasteiger partial charge in [0.05, 0.1) is 29.5 Å². The van der Waals surface area contributed by atoms with E-state index in [1.807, 2.05) is 17.5 Å². The molecule has 0 aromatic carbocycles. The molecule has 2 rings (SSSR count). The lowest BCUT2D eigenvalue weighted by atomic mass is 10.1. The third-order valence-electron chi connectivity index (χ3n) is 3.97. The number of rotatable bonds is 8. The van der Waals surface area contributed by atoms with Crippen LogP contribution in [-0.4, -0.2) is 37.3 Å². The van der Waals surface area contributed by atoms with Crippen molar-refractivity contribution in [3.05, 3.63) is 38.4 Å². The number of esters is 1. The number of nitrogens with one attached hydrogen (secondary N) is 3. The van der Waals surface area contributed by atoms with Gasteiger partial charge < -0.3 is 20.7 Å². The molecule has 2 aromatic heterocycles. The first-order valence-corrected chi connectivity index (χ1v) is 10.6. The highest BCUT2D eigenvalue weighted by atomic mass is 32.1. The molecule has 0 aliphatic rings. The highest BCUT2D eigenvalue weighted by Gasteiger charge is 2.27. The lowest BCUT2D eigenvalue weighted by Gasteiger charge is -2.16. The zero-order chi connectivity index (χ0) is 21.6. The van der Waals surface area contributed by atoms with E-state index >= 15 is 0 Å². The molecule has 2 aromatic rings. The minimum absolute atomic E-state index is 0.0192. The first-order valence-electron chi connectivity index (χ1n) is 8.91. The Balaban J connectivity index is 2.29. The number of thiophene rings is 2. The zero-order valence-corrected chi connectivity index (χ0v) is 18.2. The van der Waals surface area contributed by atoms with E-state index in [2.05, 4.69) is 16.0 Å². The number of hydrogen-bond donors (Lipinski definition) is 3. The summed E-state index contributed by atoms with van der Waals surface area (Å²) >= 11 is 2.44. The highest BCUT2D eigenvalue weighted by molar-refractivity contribution is 7.18. The molecule has 0 saturated carbocycles. The lowest BCUT2D eigenvalue weighted by molar-refractivity contribution is -0.120. The molecular weight excluding hydrogens is 414 g/mol. The van der Waals surface area contributed by atoms with Crippen molar-refractivity contribution >= 4 is 51.4 Å². The van der Waals surface area contributed by atoms with E-state index in [9.17, 15) is 19.2 Å². The maximum absolute atomic E-state index is 12.7. The first-order chi connectivity index (χ1) is 13.8. The Morgan fingerprint density at radius 3 is 2.52 bits per heavy atom. The molecule has 0 spiro atoms. The van der Waals surface area contributed by atoms with Gasteiger partial charge >= 0.3 is 5.97 Å². The largest absolute Gasteiger partial charge is 0.462 e. The fraction of sp³-hybridized carbons (Fsp3) is 0.368. The van der Waals surface area contributed by atoms with Crippen LogP contribution in [0.15, 0.2) is 17.5 Å². The van der Waals surface area contributed by atoms with Crippen LogP contribution in [-0.2, 0) is 14.3 Å². The van der Waals surface area contributed by atoms with Gasteiger partial charge in [-0.05, 0) is 30.9 Å². The van der Waals surface area contributed by atoms with E-state index < -0.39 is 17.9 Å². The van der Waals surface area contributed by atoms with Crippen molar-refractivity contribution in [2.24, 2.45) is 0 Å². The van der Waals surface area contributed by atoms with E-state index in [0.29, 0.717) is 10.4 Å². The van der Waals surface area contributed by atoms with E-state index in [4.69, 9.17) is 4.74 Å². The maximum atomic E-state index is 12.7. The third kappa shape index (κ3) is 5.64. The Kier molecular flexibility index (Phi) is 7.91. The molecule has 1 atom stereocenters. The van der Waals surface area contributed by atoms with Crippen LogP contribution in [0.2, 0.25) is 0 Å². The van der Waals surface area contributed by atoms with Crippen LogP contribution < -0.4 is 16.0 Å². The third-order valence-corrected chi connectivity index (χ3v) is 6.16. The van der Waals surface area contributed by atoms with Gasteiger partial charge in [-0.3, -0.25) is 14.4 Å². The molecule has 8 nitrogen and oxygen atoms in total. The topological polar surface area (TPSA) is 114 Å². The Labute approximate surface area is 176 Å². The molecule has 0 bridgehead atoms. The minimum atomic E-state index is -0.608. The number of carbonyl (C=O) groups is 4. The smallest absolute Gasteiger partial charge is 0.341 e. The highest BCUT2D eigenvalue weighted by Crippen LogP contribution is 2.34. The van der Waals surface area contributed by atoms with Crippen molar-refractivity contribution in [2.45, 2.75) is 33.2 Å². The Morgan fingerprint density at radius 2 is 1.97 bits per heavy atom. The summed E-state index contributed by atoms with van der Waals surface area (Å²) in [5.41, 5.74) is 0.607. The van der Waals surface area contributed by atoms with Gasteiger partial charge in [0.25, 0.3) is 5.91 Å². The number of anilines is 1. The summed E-state index contributed by atoms with van der Waals surface area (Å²) in [6.45, 7) is 4.86. The first kappa shape index (κ1) is 22.6. The molecule has 0 saturated heterocycles. The predicted octanol–water partition coefficient (Wildman–Crippen LogP) is 2.86. The van der Waals surface area contributed by atoms with Crippen molar-refractivity contribution in [1.82, 2.24) is 10.6 Å². The van der Waals surface area contributed by atoms with Crippen molar-refractivity contribution in [1.29, 1.82) is 0 Å². The van der Waals surface area contributed by atoms with E-state index in [1.54, 1.807) is 13.8 Å². The molecule has 0 radical (unpaired) electrons. The monoisotopic (exact) mass is 437 g/mol. The molecule has 2 heterocycles. The van der Waals surface area contributed by atoms with Crippen molar-refractivity contribution in [3.63, 3.8) is 0 Å². The molecule has 3 amide bonds. The summed E-state index contributed by atoms with van der Waals surface area (Å²) in [5.74, 6) is -1.61. The van der Waals surface area contributed by atoms with Crippen LogP contribution in [0.25, 0.3) is 0 Å². The standard InChI is InChI=1S/C19H23N3O5S2/c1-5-27-19(26)15-10(2)16(17(25)20-4)29-18(15)22-14(24)9-12(21-11(3)23)13-7-6-8-28-13/h6-8,12H,5,9H2,1-4H3,(H,20,25)(H,21,23)(H,22,24). The molecule has 10 heteroatoms. The molecule has 156 valence electrons. The fourth-order valence-electron chi connectivity index (χ4n) is 2.70. The van der Waals surface area contributed by atoms with Gasteiger partial charge in [-0.2, -0.15) is 0 Å². The second kappa shape index (κ2) is 10.2. The number of amides is 3. The van der Waals surface area contributed by atoms with Crippen LogP contribution in [0.4, 0.5) is 5.00 Å². The summed E-state index contributed by atoms with van der Waals surface area (Å²) in [6, 6.07) is 3.18. The van der Waals surface area contributed by atoms with Crippen molar-refractivity contribution in [3.8, 4) is 0 Å². The molecule has 3 N–H and O–H groups in total. The second-order valence-electron chi connectivity index (χ2n) is 6.08. The van der Waals surface area contributed by atoms with Gasteiger partial charge in [0, 0.05) is 18.8 Å². The average molecular weight is 438 g/mol. The molecule has 1 unspecified atom stereocenters. The Morgan fingerprint density at radius 1 is 1.24 bits per heavy atom. The van der Waals surface area contributed by atoms with Crippen LogP contribution in [0, 0.1) is 6.92 Å². The maximum Gasteiger partial charge on any atom is 0.341 e.